The maximum absolute atomic E-state index is 12.0. The van der Waals surface area contributed by atoms with Crippen molar-refractivity contribution in [3.8, 4) is 5.75 Å². The molecule has 1 amide bonds. The van der Waals surface area contributed by atoms with Crippen molar-refractivity contribution in [3.63, 3.8) is 0 Å². The van der Waals surface area contributed by atoms with Crippen LogP contribution in [0.25, 0.3) is 0 Å². The number of aliphatic imine (C=N–C) groups is 1. The third-order valence-corrected chi connectivity index (χ3v) is 2.78. The van der Waals surface area contributed by atoms with E-state index in [-0.39, 0.29) is 18.1 Å². The summed E-state index contributed by atoms with van der Waals surface area (Å²) in [5.41, 5.74) is 0.870. The highest BCUT2D eigenvalue weighted by atomic mass is 16.5. The van der Waals surface area contributed by atoms with Crippen LogP contribution in [-0.2, 0) is 4.79 Å². The highest BCUT2D eigenvalue weighted by Crippen LogP contribution is 2.14. The average Bonchev–Trinajstić information content (AvgIpc) is 2.42. The van der Waals surface area contributed by atoms with Crippen molar-refractivity contribution in [1.82, 2.24) is 5.32 Å². The number of nitrogens with one attached hydrogen (secondary N) is 1. The zero-order chi connectivity index (χ0) is 13.7. The topological polar surface area (TPSA) is 67.8 Å². The lowest BCUT2D eigenvalue weighted by molar-refractivity contribution is -0.115. The summed E-state index contributed by atoms with van der Waals surface area (Å²) in [7, 11) is 0. The van der Waals surface area contributed by atoms with Crippen LogP contribution < -0.4 is 10.1 Å². The van der Waals surface area contributed by atoms with Crippen LogP contribution in [0.2, 0.25) is 0 Å². The molecule has 0 aromatic heterocycles. The molecule has 100 valence electrons. The Morgan fingerprint density at radius 3 is 2.74 bits per heavy atom. The fourth-order valence-corrected chi connectivity index (χ4v) is 1.83. The number of hydrogen-bond acceptors (Lipinski definition) is 4. The Morgan fingerprint density at radius 1 is 1.37 bits per heavy atom. The van der Waals surface area contributed by atoms with E-state index in [2.05, 4.69) is 10.3 Å². The summed E-state index contributed by atoms with van der Waals surface area (Å²) in [4.78, 5) is 27.6. The Labute approximate surface area is 111 Å². The Morgan fingerprint density at radius 2 is 2.11 bits per heavy atom. The number of nitrogens with zero attached hydrogens (tertiary/aromatic N) is 1. The Bertz CT molecular complexity index is 506. The lowest BCUT2D eigenvalue weighted by Gasteiger charge is -2.12. The van der Waals surface area contributed by atoms with Crippen LogP contribution in [-0.4, -0.2) is 37.1 Å². The number of carbonyl (C=O) groups excluding carboxylic acids is 2. The molecule has 5 heteroatoms. The van der Waals surface area contributed by atoms with E-state index in [1.807, 2.05) is 6.92 Å². The van der Waals surface area contributed by atoms with E-state index in [9.17, 15) is 9.59 Å². The summed E-state index contributed by atoms with van der Waals surface area (Å²) in [6.45, 7) is 3.57. The van der Waals surface area contributed by atoms with Gasteiger partial charge in [0.2, 0.25) is 0 Å². The number of Topliss-reactive ketones (excluding diaryl/α,β-unsaturated/α-hetero) is 1. The summed E-state index contributed by atoms with van der Waals surface area (Å²) >= 11 is 0. The van der Waals surface area contributed by atoms with Gasteiger partial charge in [0.25, 0.3) is 5.91 Å². The minimum absolute atomic E-state index is 0.0415. The van der Waals surface area contributed by atoms with Crippen molar-refractivity contribution in [3.05, 3.63) is 29.8 Å². The van der Waals surface area contributed by atoms with E-state index in [4.69, 9.17) is 4.74 Å². The van der Waals surface area contributed by atoms with Crippen molar-refractivity contribution in [2.45, 2.75) is 13.3 Å². The van der Waals surface area contributed by atoms with Gasteiger partial charge in [-0.15, -0.1) is 0 Å². The number of benzene rings is 1. The average molecular weight is 260 g/mol. The molecule has 1 aromatic rings. The lowest BCUT2D eigenvalue weighted by Crippen LogP contribution is -2.38. The SMILES string of the molecule is CCOc1ccc(C(=O)CC2=NCCNC2=O)cc1. The second-order valence-corrected chi connectivity index (χ2v) is 4.14. The van der Waals surface area contributed by atoms with Crippen molar-refractivity contribution in [2.24, 2.45) is 4.99 Å². The van der Waals surface area contributed by atoms with Crippen LogP contribution >= 0.6 is 0 Å². The standard InChI is InChI=1S/C14H16N2O3/c1-2-19-11-5-3-10(4-6-11)13(17)9-12-14(18)16-8-7-15-12/h3-6H,2,7-9H2,1H3,(H,16,18). The molecular weight excluding hydrogens is 244 g/mol. The quantitative estimate of drug-likeness (QED) is 0.810. The van der Waals surface area contributed by atoms with Crippen LogP contribution in [0.3, 0.4) is 0 Å². The Balaban J connectivity index is 2.03. The number of rotatable bonds is 5. The maximum atomic E-state index is 12.0. The van der Waals surface area contributed by atoms with Crippen molar-refractivity contribution >= 4 is 17.4 Å². The van der Waals surface area contributed by atoms with Gasteiger partial charge in [-0.1, -0.05) is 0 Å². The third-order valence-electron chi connectivity index (χ3n) is 2.78. The number of ketones is 1. The van der Waals surface area contributed by atoms with E-state index in [0.717, 1.165) is 5.75 Å². The van der Waals surface area contributed by atoms with Gasteiger partial charge in [0.1, 0.15) is 11.5 Å². The summed E-state index contributed by atoms with van der Waals surface area (Å²) < 4.78 is 5.31. The Hall–Kier alpha value is -2.17. The van der Waals surface area contributed by atoms with Crippen LogP contribution in [0.1, 0.15) is 23.7 Å². The first kappa shape index (κ1) is 13.3. The number of amides is 1. The molecule has 1 aromatic carbocycles. The van der Waals surface area contributed by atoms with Gasteiger partial charge in [-0.3, -0.25) is 14.6 Å². The van der Waals surface area contributed by atoms with Gasteiger partial charge in [-0.05, 0) is 31.2 Å². The molecule has 0 fully saturated rings. The van der Waals surface area contributed by atoms with Crippen molar-refractivity contribution in [1.29, 1.82) is 0 Å². The molecule has 19 heavy (non-hydrogen) atoms. The first-order chi connectivity index (χ1) is 9.20. The van der Waals surface area contributed by atoms with Gasteiger partial charge >= 0.3 is 0 Å². The number of carbonyl (C=O) groups is 2. The highest BCUT2D eigenvalue weighted by Gasteiger charge is 2.18. The number of ether oxygens (including phenoxy) is 1. The van der Waals surface area contributed by atoms with Gasteiger partial charge in [0, 0.05) is 12.1 Å². The van der Waals surface area contributed by atoms with Gasteiger partial charge in [0.15, 0.2) is 5.78 Å². The molecule has 2 rings (SSSR count). The van der Waals surface area contributed by atoms with E-state index >= 15 is 0 Å². The second-order valence-electron chi connectivity index (χ2n) is 4.14. The molecule has 0 radical (unpaired) electrons. The van der Waals surface area contributed by atoms with Gasteiger partial charge in [-0.2, -0.15) is 0 Å². The molecule has 0 saturated carbocycles. The monoisotopic (exact) mass is 260 g/mol. The fourth-order valence-electron chi connectivity index (χ4n) is 1.83. The lowest BCUT2D eigenvalue weighted by atomic mass is 10.0. The predicted molar refractivity (Wildman–Crippen MR) is 71.9 cm³/mol. The van der Waals surface area contributed by atoms with E-state index in [1.54, 1.807) is 24.3 Å². The zero-order valence-corrected chi connectivity index (χ0v) is 10.8. The minimum atomic E-state index is -0.245. The molecule has 1 heterocycles. The van der Waals surface area contributed by atoms with Gasteiger partial charge < -0.3 is 10.1 Å². The molecular formula is C14H16N2O3. The fraction of sp³-hybridized carbons (Fsp3) is 0.357. The minimum Gasteiger partial charge on any atom is -0.494 e. The molecule has 1 N–H and O–H groups in total. The van der Waals surface area contributed by atoms with Crippen LogP contribution in [0.5, 0.6) is 5.75 Å². The smallest absolute Gasteiger partial charge is 0.265 e. The molecule has 0 atom stereocenters. The largest absolute Gasteiger partial charge is 0.494 e. The van der Waals surface area contributed by atoms with E-state index in [1.165, 1.54) is 0 Å². The normalized spacial score (nSPS) is 14.6. The van der Waals surface area contributed by atoms with Crippen molar-refractivity contribution < 1.29 is 14.3 Å². The van der Waals surface area contributed by atoms with E-state index < -0.39 is 0 Å². The Kier molecular flexibility index (Phi) is 4.28. The number of hydrogen-bond donors (Lipinski definition) is 1. The molecule has 0 spiro atoms. The predicted octanol–water partition coefficient (Wildman–Crippen LogP) is 1.23. The van der Waals surface area contributed by atoms with Gasteiger partial charge in [-0.25, -0.2) is 0 Å². The molecule has 0 unspecified atom stereocenters. The molecule has 1 aliphatic rings. The summed E-state index contributed by atoms with van der Waals surface area (Å²) in [5.74, 6) is 0.371. The van der Waals surface area contributed by atoms with Crippen LogP contribution in [0, 0.1) is 0 Å². The molecule has 1 aliphatic heterocycles. The molecule has 5 nitrogen and oxygen atoms in total. The summed E-state index contributed by atoms with van der Waals surface area (Å²) in [6.07, 6.45) is 0.0415. The van der Waals surface area contributed by atoms with E-state index in [0.29, 0.717) is 31.0 Å². The molecule has 0 aliphatic carbocycles. The first-order valence-electron chi connectivity index (χ1n) is 6.28. The zero-order valence-electron chi connectivity index (χ0n) is 10.8. The maximum Gasteiger partial charge on any atom is 0.265 e. The molecule has 0 saturated heterocycles. The van der Waals surface area contributed by atoms with Crippen molar-refractivity contribution in [2.75, 3.05) is 19.7 Å². The van der Waals surface area contributed by atoms with Gasteiger partial charge in [0.05, 0.1) is 19.6 Å². The molecule has 0 bridgehead atoms. The first-order valence-corrected chi connectivity index (χ1v) is 6.28. The summed E-state index contributed by atoms with van der Waals surface area (Å²) in [5, 5.41) is 2.67. The van der Waals surface area contributed by atoms with Crippen LogP contribution in [0.4, 0.5) is 0 Å². The summed E-state index contributed by atoms with van der Waals surface area (Å²) in [6, 6.07) is 6.90. The van der Waals surface area contributed by atoms with Crippen LogP contribution in [0.15, 0.2) is 29.3 Å². The highest BCUT2D eigenvalue weighted by molar-refractivity contribution is 6.43. The third kappa shape index (κ3) is 3.40. The second kappa shape index (κ2) is 6.13.